The van der Waals surface area contributed by atoms with Crippen molar-refractivity contribution in [3.8, 4) is 0 Å². The van der Waals surface area contributed by atoms with Crippen molar-refractivity contribution in [3.05, 3.63) is 47.5 Å². The van der Waals surface area contributed by atoms with Crippen LogP contribution in [-0.2, 0) is 0 Å². The van der Waals surface area contributed by atoms with E-state index < -0.39 is 17.5 Å². The second-order valence-electron chi connectivity index (χ2n) is 4.46. The molecule has 1 atom stereocenters. The lowest BCUT2D eigenvalue weighted by Gasteiger charge is -2.18. The van der Waals surface area contributed by atoms with Crippen LogP contribution < -0.4 is 5.32 Å². The lowest BCUT2D eigenvalue weighted by molar-refractivity contribution is 0.0941. The number of nitrogens with one attached hydrogen (secondary N) is 1. The zero-order valence-corrected chi connectivity index (χ0v) is 9.96. The minimum atomic E-state index is -1.08. The molecule has 1 aromatic rings. The van der Waals surface area contributed by atoms with Crippen LogP contribution in [0, 0.1) is 17.6 Å². The molecule has 1 aromatic carbocycles. The molecule has 1 N–H and O–H groups in total. The Labute approximate surface area is 105 Å². The van der Waals surface area contributed by atoms with Gasteiger partial charge in [-0.15, -0.1) is 0 Å². The first kappa shape index (κ1) is 12.7. The highest BCUT2D eigenvalue weighted by atomic mass is 19.2. The predicted molar refractivity (Wildman–Crippen MR) is 65.2 cm³/mol. The normalized spacial score (nSPS) is 18.7. The van der Waals surface area contributed by atoms with Gasteiger partial charge in [0.25, 0.3) is 5.91 Å². The molecule has 0 aromatic heterocycles. The summed E-state index contributed by atoms with van der Waals surface area (Å²) in [6.45, 7) is 0.499. The summed E-state index contributed by atoms with van der Waals surface area (Å²) in [4.78, 5) is 11.7. The first-order valence-corrected chi connectivity index (χ1v) is 6.05. The molecule has 0 bridgehead atoms. The Balaban J connectivity index is 1.95. The maximum absolute atomic E-state index is 13.4. The van der Waals surface area contributed by atoms with E-state index in [-0.39, 0.29) is 5.56 Å². The lowest BCUT2D eigenvalue weighted by Crippen LogP contribution is -2.30. The lowest BCUT2D eigenvalue weighted by atomic mass is 9.94. The summed E-state index contributed by atoms with van der Waals surface area (Å²) in [7, 11) is 0. The van der Waals surface area contributed by atoms with Crippen molar-refractivity contribution in [2.45, 2.75) is 19.3 Å². The molecule has 2 rings (SSSR count). The smallest absolute Gasteiger partial charge is 0.254 e. The Hall–Kier alpha value is -1.71. The highest BCUT2D eigenvalue weighted by Crippen LogP contribution is 2.17. The van der Waals surface area contributed by atoms with E-state index >= 15 is 0 Å². The van der Waals surface area contributed by atoms with Gasteiger partial charge in [-0.2, -0.15) is 0 Å². The quantitative estimate of drug-likeness (QED) is 0.822. The number of amides is 1. The zero-order valence-electron chi connectivity index (χ0n) is 9.96. The third-order valence-corrected chi connectivity index (χ3v) is 3.13. The largest absolute Gasteiger partial charge is 0.352 e. The molecule has 4 heteroatoms. The standard InChI is InChI=1S/C14H15F2NO/c15-12-8-4-7-11(13(12)16)14(18)17-9-10-5-2-1-3-6-10/h1-2,4,7-8,10H,3,5-6,9H2,(H,17,18). The van der Waals surface area contributed by atoms with Crippen LogP contribution in [0.15, 0.2) is 30.4 Å². The van der Waals surface area contributed by atoms with Crippen molar-refractivity contribution < 1.29 is 13.6 Å². The molecule has 96 valence electrons. The van der Waals surface area contributed by atoms with Crippen LogP contribution in [0.25, 0.3) is 0 Å². The number of hydrogen-bond donors (Lipinski definition) is 1. The third kappa shape index (κ3) is 2.94. The Bertz CT molecular complexity index is 471. The van der Waals surface area contributed by atoms with Crippen LogP contribution in [0.5, 0.6) is 0 Å². The number of rotatable bonds is 3. The fourth-order valence-corrected chi connectivity index (χ4v) is 2.05. The van der Waals surface area contributed by atoms with E-state index in [9.17, 15) is 13.6 Å². The SMILES string of the molecule is O=C(NCC1CC=CCC1)c1cccc(F)c1F. The van der Waals surface area contributed by atoms with Gasteiger partial charge in [-0.05, 0) is 37.3 Å². The average molecular weight is 251 g/mol. The Kier molecular flexibility index (Phi) is 4.07. The Morgan fingerprint density at radius 3 is 2.89 bits per heavy atom. The van der Waals surface area contributed by atoms with Crippen molar-refractivity contribution in [2.75, 3.05) is 6.54 Å². The Morgan fingerprint density at radius 2 is 2.17 bits per heavy atom. The number of allylic oxidation sites excluding steroid dienone is 2. The maximum atomic E-state index is 13.4. The van der Waals surface area contributed by atoms with E-state index in [2.05, 4.69) is 17.5 Å². The molecular formula is C14H15F2NO. The summed E-state index contributed by atoms with van der Waals surface area (Å²) >= 11 is 0. The molecule has 0 heterocycles. The third-order valence-electron chi connectivity index (χ3n) is 3.13. The van der Waals surface area contributed by atoms with Gasteiger partial charge in [0.2, 0.25) is 0 Å². The molecule has 0 aliphatic heterocycles. The van der Waals surface area contributed by atoms with Gasteiger partial charge in [0.15, 0.2) is 11.6 Å². The number of halogens is 2. The molecule has 1 unspecified atom stereocenters. The highest BCUT2D eigenvalue weighted by Gasteiger charge is 2.16. The monoisotopic (exact) mass is 251 g/mol. The van der Waals surface area contributed by atoms with E-state index in [4.69, 9.17) is 0 Å². The van der Waals surface area contributed by atoms with Gasteiger partial charge in [-0.25, -0.2) is 8.78 Å². The van der Waals surface area contributed by atoms with Gasteiger partial charge in [0, 0.05) is 6.54 Å². The van der Waals surface area contributed by atoms with Crippen LogP contribution in [0.4, 0.5) is 8.78 Å². The van der Waals surface area contributed by atoms with Gasteiger partial charge >= 0.3 is 0 Å². The van der Waals surface area contributed by atoms with E-state index in [0.717, 1.165) is 25.3 Å². The van der Waals surface area contributed by atoms with E-state index in [1.807, 2.05) is 0 Å². The van der Waals surface area contributed by atoms with Gasteiger partial charge in [-0.1, -0.05) is 18.2 Å². The van der Waals surface area contributed by atoms with Crippen LogP contribution in [0.3, 0.4) is 0 Å². The first-order chi connectivity index (χ1) is 8.68. The highest BCUT2D eigenvalue weighted by molar-refractivity contribution is 5.94. The molecule has 2 nitrogen and oxygen atoms in total. The summed E-state index contributed by atoms with van der Waals surface area (Å²) in [5.41, 5.74) is -0.235. The second kappa shape index (κ2) is 5.76. The van der Waals surface area contributed by atoms with Crippen molar-refractivity contribution >= 4 is 5.91 Å². The number of hydrogen-bond acceptors (Lipinski definition) is 1. The van der Waals surface area contributed by atoms with Crippen LogP contribution in [-0.4, -0.2) is 12.5 Å². The first-order valence-electron chi connectivity index (χ1n) is 6.05. The molecule has 0 saturated heterocycles. The summed E-state index contributed by atoms with van der Waals surface area (Å²) in [6.07, 6.45) is 7.15. The Morgan fingerprint density at radius 1 is 1.33 bits per heavy atom. The molecule has 1 aliphatic rings. The van der Waals surface area contributed by atoms with E-state index in [1.165, 1.54) is 12.1 Å². The minimum absolute atomic E-state index is 0.235. The van der Waals surface area contributed by atoms with Crippen molar-refractivity contribution in [2.24, 2.45) is 5.92 Å². The summed E-state index contributed by atoms with van der Waals surface area (Å²) < 4.78 is 26.3. The summed E-state index contributed by atoms with van der Waals surface area (Å²) in [5, 5.41) is 2.66. The van der Waals surface area contributed by atoms with Crippen molar-refractivity contribution in [1.82, 2.24) is 5.32 Å². The average Bonchev–Trinajstić information content (AvgIpc) is 2.40. The fourth-order valence-electron chi connectivity index (χ4n) is 2.05. The van der Waals surface area contributed by atoms with Crippen molar-refractivity contribution in [1.29, 1.82) is 0 Å². The molecular weight excluding hydrogens is 236 g/mol. The van der Waals surface area contributed by atoms with E-state index in [0.29, 0.717) is 12.5 Å². The second-order valence-corrected chi connectivity index (χ2v) is 4.46. The number of carbonyl (C=O) groups is 1. The fraction of sp³-hybridized carbons (Fsp3) is 0.357. The predicted octanol–water partition coefficient (Wildman–Crippen LogP) is 3.05. The molecule has 0 saturated carbocycles. The van der Waals surface area contributed by atoms with Crippen LogP contribution in [0.2, 0.25) is 0 Å². The maximum Gasteiger partial charge on any atom is 0.254 e. The topological polar surface area (TPSA) is 29.1 Å². The molecule has 0 radical (unpaired) electrons. The molecule has 0 spiro atoms. The number of carbonyl (C=O) groups excluding carboxylic acids is 1. The van der Waals surface area contributed by atoms with Gasteiger partial charge in [0.05, 0.1) is 5.56 Å². The molecule has 18 heavy (non-hydrogen) atoms. The van der Waals surface area contributed by atoms with E-state index in [1.54, 1.807) is 0 Å². The number of benzene rings is 1. The zero-order chi connectivity index (χ0) is 13.0. The molecule has 1 amide bonds. The molecule has 1 aliphatic carbocycles. The summed E-state index contributed by atoms with van der Waals surface area (Å²) in [5.74, 6) is -2.25. The van der Waals surface area contributed by atoms with Gasteiger partial charge < -0.3 is 5.32 Å². The minimum Gasteiger partial charge on any atom is -0.352 e. The van der Waals surface area contributed by atoms with Crippen molar-refractivity contribution in [3.63, 3.8) is 0 Å². The van der Waals surface area contributed by atoms with Crippen LogP contribution in [0.1, 0.15) is 29.6 Å². The van der Waals surface area contributed by atoms with Gasteiger partial charge in [0.1, 0.15) is 0 Å². The molecule has 0 fully saturated rings. The van der Waals surface area contributed by atoms with Crippen LogP contribution >= 0.6 is 0 Å². The van der Waals surface area contributed by atoms with Gasteiger partial charge in [-0.3, -0.25) is 4.79 Å². The summed E-state index contributed by atoms with van der Waals surface area (Å²) in [6, 6.07) is 3.61.